The molecule has 2 heterocycles. The van der Waals surface area contributed by atoms with Crippen LogP contribution in [0.15, 0.2) is 36.7 Å². The van der Waals surface area contributed by atoms with Gasteiger partial charge in [0.25, 0.3) is 0 Å². The summed E-state index contributed by atoms with van der Waals surface area (Å²) >= 11 is 0. The molecule has 8 heteroatoms. The summed E-state index contributed by atoms with van der Waals surface area (Å²) in [6.45, 7) is 5.58. The molecule has 1 atom stereocenters. The molecule has 0 aliphatic heterocycles. The molecule has 0 saturated carbocycles. The van der Waals surface area contributed by atoms with Gasteiger partial charge < -0.3 is 5.32 Å². The van der Waals surface area contributed by atoms with Gasteiger partial charge in [0.15, 0.2) is 5.82 Å². The van der Waals surface area contributed by atoms with Crippen molar-refractivity contribution >= 4 is 5.91 Å². The standard InChI is InChI=1S/C18H19F2N5O/c1-11-6-7-21-24(11)10-18(26)23-12(2)15-9-22-25(13(15)3)17-5-4-14(19)8-16(17)20/h4-9,12H,10H2,1-3H3,(H,23,26)/t12-/m0/s1. The normalized spacial score (nSPS) is 12.2. The van der Waals surface area contributed by atoms with Crippen LogP contribution in [0.5, 0.6) is 0 Å². The largest absolute Gasteiger partial charge is 0.348 e. The van der Waals surface area contributed by atoms with Gasteiger partial charge in [0, 0.05) is 29.2 Å². The maximum absolute atomic E-state index is 14.0. The van der Waals surface area contributed by atoms with E-state index in [0.717, 1.165) is 17.3 Å². The van der Waals surface area contributed by atoms with Crippen LogP contribution in [-0.4, -0.2) is 25.5 Å². The second-order valence-corrected chi connectivity index (χ2v) is 6.11. The molecule has 0 saturated heterocycles. The lowest BCUT2D eigenvalue weighted by molar-refractivity contribution is -0.122. The van der Waals surface area contributed by atoms with Crippen LogP contribution < -0.4 is 5.32 Å². The fourth-order valence-electron chi connectivity index (χ4n) is 2.81. The number of rotatable bonds is 5. The molecule has 6 nitrogen and oxygen atoms in total. The van der Waals surface area contributed by atoms with Gasteiger partial charge in [-0.3, -0.25) is 9.48 Å². The van der Waals surface area contributed by atoms with Crippen molar-refractivity contribution in [3.8, 4) is 5.69 Å². The Labute approximate surface area is 149 Å². The summed E-state index contributed by atoms with van der Waals surface area (Å²) in [5.41, 5.74) is 2.46. The molecule has 1 amide bonds. The lowest BCUT2D eigenvalue weighted by atomic mass is 10.1. The maximum Gasteiger partial charge on any atom is 0.242 e. The minimum Gasteiger partial charge on any atom is -0.348 e. The van der Waals surface area contributed by atoms with E-state index in [2.05, 4.69) is 15.5 Å². The Kier molecular flexibility index (Phi) is 4.83. The fourth-order valence-corrected chi connectivity index (χ4v) is 2.81. The van der Waals surface area contributed by atoms with Crippen LogP contribution in [0.25, 0.3) is 5.69 Å². The Morgan fingerprint density at radius 1 is 1.23 bits per heavy atom. The Morgan fingerprint density at radius 2 is 2.00 bits per heavy atom. The van der Waals surface area contributed by atoms with Crippen LogP contribution in [0, 0.1) is 25.5 Å². The monoisotopic (exact) mass is 359 g/mol. The van der Waals surface area contributed by atoms with E-state index in [9.17, 15) is 13.6 Å². The molecular formula is C18H19F2N5O. The van der Waals surface area contributed by atoms with E-state index in [1.165, 1.54) is 16.8 Å². The minimum absolute atomic E-state index is 0.114. The van der Waals surface area contributed by atoms with Gasteiger partial charge in [-0.2, -0.15) is 10.2 Å². The summed E-state index contributed by atoms with van der Waals surface area (Å²) in [5, 5.41) is 11.1. The van der Waals surface area contributed by atoms with E-state index in [-0.39, 0.29) is 24.2 Å². The number of nitrogens with one attached hydrogen (secondary N) is 1. The van der Waals surface area contributed by atoms with E-state index in [4.69, 9.17) is 0 Å². The van der Waals surface area contributed by atoms with Crippen LogP contribution in [0.1, 0.15) is 29.9 Å². The highest BCUT2D eigenvalue weighted by atomic mass is 19.1. The molecule has 0 radical (unpaired) electrons. The lowest BCUT2D eigenvalue weighted by Gasteiger charge is -2.15. The number of hydrogen-bond donors (Lipinski definition) is 1. The van der Waals surface area contributed by atoms with Gasteiger partial charge in [0.1, 0.15) is 18.0 Å². The Balaban J connectivity index is 1.76. The number of amides is 1. The first-order chi connectivity index (χ1) is 12.4. The second kappa shape index (κ2) is 7.07. The summed E-state index contributed by atoms with van der Waals surface area (Å²) in [6.07, 6.45) is 3.21. The van der Waals surface area contributed by atoms with Gasteiger partial charge in [0.2, 0.25) is 5.91 Å². The van der Waals surface area contributed by atoms with E-state index in [1.807, 2.05) is 19.9 Å². The van der Waals surface area contributed by atoms with Crippen molar-refractivity contribution in [2.45, 2.75) is 33.4 Å². The van der Waals surface area contributed by atoms with Crippen molar-refractivity contribution in [2.75, 3.05) is 0 Å². The van der Waals surface area contributed by atoms with Gasteiger partial charge in [-0.25, -0.2) is 13.5 Å². The van der Waals surface area contributed by atoms with E-state index in [1.54, 1.807) is 24.0 Å². The van der Waals surface area contributed by atoms with Gasteiger partial charge in [0.05, 0.1) is 12.2 Å². The van der Waals surface area contributed by atoms with E-state index in [0.29, 0.717) is 5.69 Å². The van der Waals surface area contributed by atoms with Crippen LogP contribution in [0.2, 0.25) is 0 Å². The Morgan fingerprint density at radius 3 is 2.65 bits per heavy atom. The van der Waals surface area contributed by atoms with E-state index >= 15 is 0 Å². The SMILES string of the molecule is Cc1ccnn1CC(=O)N[C@@H](C)c1cnn(-c2ccc(F)cc2F)c1C. The molecule has 0 spiro atoms. The summed E-state index contributed by atoms with van der Waals surface area (Å²) in [6, 6.07) is 4.82. The number of benzene rings is 1. The van der Waals surface area contributed by atoms with Crippen molar-refractivity contribution in [3.63, 3.8) is 0 Å². The Bertz CT molecular complexity index is 947. The molecule has 3 aromatic rings. The summed E-state index contributed by atoms with van der Waals surface area (Å²) in [4.78, 5) is 12.2. The first kappa shape index (κ1) is 17.8. The zero-order valence-electron chi connectivity index (χ0n) is 14.7. The Hall–Kier alpha value is -3.03. The number of halogens is 2. The zero-order valence-corrected chi connectivity index (χ0v) is 14.7. The highest BCUT2D eigenvalue weighted by Gasteiger charge is 2.18. The zero-order chi connectivity index (χ0) is 18.8. The van der Waals surface area contributed by atoms with Crippen molar-refractivity contribution in [2.24, 2.45) is 0 Å². The predicted octanol–water partition coefficient (Wildman–Crippen LogP) is 2.84. The van der Waals surface area contributed by atoms with Crippen LogP contribution in [-0.2, 0) is 11.3 Å². The quantitative estimate of drug-likeness (QED) is 0.762. The summed E-state index contributed by atoms with van der Waals surface area (Å²) < 4.78 is 30.1. The highest BCUT2D eigenvalue weighted by Crippen LogP contribution is 2.22. The first-order valence-electron chi connectivity index (χ1n) is 8.14. The van der Waals surface area contributed by atoms with Gasteiger partial charge in [-0.15, -0.1) is 0 Å². The number of carbonyl (C=O) groups is 1. The maximum atomic E-state index is 14.0. The van der Waals surface area contributed by atoms with E-state index < -0.39 is 11.6 Å². The minimum atomic E-state index is -0.700. The van der Waals surface area contributed by atoms with Crippen molar-refractivity contribution in [3.05, 3.63) is 65.2 Å². The lowest BCUT2D eigenvalue weighted by Crippen LogP contribution is -2.31. The molecule has 0 fully saturated rings. The van der Waals surface area contributed by atoms with Gasteiger partial charge in [-0.05, 0) is 39.0 Å². The molecule has 1 aromatic carbocycles. The average Bonchev–Trinajstić information content (AvgIpc) is 3.14. The number of nitrogens with zero attached hydrogens (tertiary/aromatic N) is 4. The third kappa shape index (κ3) is 3.49. The predicted molar refractivity (Wildman–Crippen MR) is 91.7 cm³/mol. The fraction of sp³-hybridized carbons (Fsp3) is 0.278. The molecular weight excluding hydrogens is 340 g/mol. The highest BCUT2D eigenvalue weighted by molar-refractivity contribution is 5.76. The molecule has 3 rings (SSSR count). The third-order valence-electron chi connectivity index (χ3n) is 4.25. The van der Waals surface area contributed by atoms with Crippen molar-refractivity contribution < 1.29 is 13.6 Å². The van der Waals surface area contributed by atoms with Crippen LogP contribution in [0.3, 0.4) is 0 Å². The molecule has 0 bridgehead atoms. The number of aryl methyl sites for hydroxylation is 1. The first-order valence-corrected chi connectivity index (χ1v) is 8.14. The molecule has 0 aliphatic carbocycles. The third-order valence-corrected chi connectivity index (χ3v) is 4.25. The van der Waals surface area contributed by atoms with Crippen molar-refractivity contribution in [1.29, 1.82) is 0 Å². The molecule has 136 valence electrons. The number of carbonyl (C=O) groups excluding carboxylic acids is 1. The molecule has 26 heavy (non-hydrogen) atoms. The topological polar surface area (TPSA) is 64.7 Å². The second-order valence-electron chi connectivity index (χ2n) is 6.11. The smallest absolute Gasteiger partial charge is 0.242 e. The summed E-state index contributed by atoms with van der Waals surface area (Å²) in [5.74, 6) is -1.54. The van der Waals surface area contributed by atoms with Crippen LogP contribution >= 0.6 is 0 Å². The average molecular weight is 359 g/mol. The van der Waals surface area contributed by atoms with Crippen LogP contribution in [0.4, 0.5) is 8.78 Å². The van der Waals surface area contributed by atoms with Crippen molar-refractivity contribution in [1.82, 2.24) is 24.9 Å². The molecule has 0 unspecified atom stereocenters. The molecule has 2 aromatic heterocycles. The molecule has 1 N–H and O–H groups in total. The van der Waals surface area contributed by atoms with Gasteiger partial charge >= 0.3 is 0 Å². The number of hydrogen-bond acceptors (Lipinski definition) is 3. The summed E-state index contributed by atoms with van der Waals surface area (Å²) in [7, 11) is 0. The number of aromatic nitrogens is 4. The molecule has 0 aliphatic rings. The van der Waals surface area contributed by atoms with Gasteiger partial charge in [-0.1, -0.05) is 0 Å².